The number of aliphatic hydroxyl groups is 2. The summed E-state index contributed by atoms with van der Waals surface area (Å²) >= 11 is 0. The largest absolute Gasteiger partial charge is 0.370 e. The lowest BCUT2D eigenvalue weighted by Gasteiger charge is -2.46. The van der Waals surface area contributed by atoms with Gasteiger partial charge in [-0.1, -0.05) is 44.2 Å². The van der Waals surface area contributed by atoms with E-state index in [0.717, 1.165) is 35.3 Å². The van der Waals surface area contributed by atoms with Gasteiger partial charge in [0.15, 0.2) is 12.0 Å². The van der Waals surface area contributed by atoms with Crippen molar-refractivity contribution >= 4 is 35.5 Å². The molecule has 9 N–H and O–H groups in total. The van der Waals surface area contributed by atoms with Crippen molar-refractivity contribution in [2.45, 2.75) is 68.1 Å². The maximum absolute atomic E-state index is 13.8. The van der Waals surface area contributed by atoms with Gasteiger partial charge in [-0.15, -0.1) is 0 Å². The maximum Gasteiger partial charge on any atom is 0.343 e. The van der Waals surface area contributed by atoms with E-state index in [0.29, 0.717) is 11.3 Å². The number of imide groups is 1. The van der Waals surface area contributed by atoms with Crippen LogP contribution in [0.4, 0.5) is 10.5 Å². The van der Waals surface area contributed by atoms with Gasteiger partial charge in [-0.25, -0.2) is 15.1 Å². The number of carbonyl (C=O) groups is 3. The molecule has 4 atom stereocenters. The molecule has 236 valence electrons. The van der Waals surface area contributed by atoms with E-state index < -0.39 is 47.4 Å². The summed E-state index contributed by atoms with van der Waals surface area (Å²) in [5.74, 6) is -3.50. The Morgan fingerprint density at radius 3 is 2.64 bits per heavy atom. The van der Waals surface area contributed by atoms with Crippen molar-refractivity contribution in [1.82, 2.24) is 20.4 Å². The van der Waals surface area contributed by atoms with E-state index in [1.807, 2.05) is 18.2 Å². The summed E-state index contributed by atoms with van der Waals surface area (Å²) < 4.78 is 0. The quantitative estimate of drug-likeness (QED) is 0.141. The van der Waals surface area contributed by atoms with Gasteiger partial charge in [-0.3, -0.25) is 35.0 Å². The lowest BCUT2D eigenvalue weighted by atomic mass is 9.71. The summed E-state index contributed by atoms with van der Waals surface area (Å²) in [4.78, 5) is 51.7. The zero-order valence-electron chi connectivity index (χ0n) is 25.2. The minimum absolute atomic E-state index is 0.0312. The highest BCUT2D eigenvalue weighted by Gasteiger charge is 2.76. The van der Waals surface area contributed by atoms with Crippen molar-refractivity contribution in [3.8, 4) is 0 Å². The van der Waals surface area contributed by atoms with Crippen LogP contribution < -0.4 is 32.0 Å². The standard InChI is InChI=1S/C31H37N9O5/c1-29(2)13-7-11-18-19(10-6-12-20(18)29)25(42)35-22-15-40-27(33)34-21(24-30(40,31(22,44)45)37-26(32)36-24)14-39-23(41)16-38(28(39)43)17-8-4-3-5-9-17/h3-6,8-10,12,21-22,24,44-45H,7,11,13-16H2,1-2H3,(H2,33,34)(H,35,42)(H3,32,36,37)/p+1/t21-,22?,24-,30-/m0/s1. The van der Waals surface area contributed by atoms with Crippen LogP contribution in [0.15, 0.2) is 53.5 Å². The van der Waals surface area contributed by atoms with Crippen molar-refractivity contribution in [3.05, 3.63) is 65.2 Å². The fourth-order valence-corrected chi connectivity index (χ4v) is 7.82. The van der Waals surface area contributed by atoms with Gasteiger partial charge in [0, 0.05) is 11.3 Å². The first-order valence-electron chi connectivity index (χ1n) is 15.2. The second-order valence-corrected chi connectivity index (χ2v) is 13.1. The van der Waals surface area contributed by atoms with Crippen molar-refractivity contribution in [2.24, 2.45) is 16.5 Å². The van der Waals surface area contributed by atoms with E-state index in [4.69, 9.17) is 11.5 Å². The van der Waals surface area contributed by atoms with Gasteiger partial charge >= 0.3 is 12.0 Å². The van der Waals surface area contributed by atoms with Crippen LogP contribution in [0.5, 0.6) is 0 Å². The van der Waals surface area contributed by atoms with E-state index in [9.17, 15) is 24.6 Å². The Labute approximate surface area is 259 Å². The van der Waals surface area contributed by atoms with E-state index in [2.05, 4.69) is 34.5 Å². The molecule has 0 saturated carbocycles. The zero-order chi connectivity index (χ0) is 31.9. The molecule has 2 fully saturated rings. The summed E-state index contributed by atoms with van der Waals surface area (Å²) in [5, 5.41) is 29.6. The lowest BCUT2D eigenvalue weighted by Crippen LogP contribution is -2.90. The normalized spacial score (nSPS) is 29.4. The molecule has 14 nitrogen and oxygen atoms in total. The second kappa shape index (κ2) is 9.91. The number of hydrogen-bond donors (Lipinski definition) is 7. The Balaban J connectivity index is 1.17. The van der Waals surface area contributed by atoms with Crippen LogP contribution in [0.3, 0.4) is 0 Å². The number of urea groups is 1. The topological polar surface area (TPSA) is 204 Å². The zero-order valence-corrected chi connectivity index (χ0v) is 25.2. The minimum atomic E-state index is -2.62. The second-order valence-electron chi connectivity index (χ2n) is 13.1. The third-order valence-corrected chi connectivity index (χ3v) is 10.1. The fourth-order valence-electron chi connectivity index (χ4n) is 7.82. The van der Waals surface area contributed by atoms with E-state index >= 15 is 0 Å². The molecule has 1 unspecified atom stereocenters. The summed E-state index contributed by atoms with van der Waals surface area (Å²) in [5.41, 5.74) is 13.9. The number of nitrogens with two attached hydrogens (primary N) is 2. The summed E-state index contributed by atoms with van der Waals surface area (Å²) in [6, 6.07) is 10.9. The molecule has 2 saturated heterocycles. The summed E-state index contributed by atoms with van der Waals surface area (Å²) in [7, 11) is 0. The Bertz CT molecular complexity index is 1660. The smallest absolute Gasteiger partial charge is 0.343 e. The molecule has 4 heterocycles. The van der Waals surface area contributed by atoms with Gasteiger partial charge in [0.1, 0.15) is 18.6 Å². The number of nitrogens with one attached hydrogen (secondary N) is 3. The highest BCUT2D eigenvalue weighted by atomic mass is 16.5. The number of rotatable bonds is 5. The number of guanidine groups is 2. The van der Waals surface area contributed by atoms with Crippen LogP contribution in [0.1, 0.15) is 48.2 Å². The first kappa shape index (κ1) is 29.0. The number of para-hydroxylation sites is 1. The maximum atomic E-state index is 13.8. The molecule has 0 bridgehead atoms. The van der Waals surface area contributed by atoms with Crippen LogP contribution in [-0.2, 0) is 16.6 Å². The highest BCUT2D eigenvalue weighted by molar-refractivity contribution is 6.12. The number of carbonyl (C=O) groups excluding carboxylic acids is 3. The van der Waals surface area contributed by atoms with Crippen molar-refractivity contribution in [2.75, 3.05) is 24.5 Å². The van der Waals surface area contributed by atoms with Crippen LogP contribution in [-0.4, -0.2) is 99.0 Å². The summed E-state index contributed by atoms with van der Waals surface area (Å²) in [6.45, 7) is 3.89. The first-order chi connectivity index (χ1) is 21.3. The highest BCUT2D eigenvalue weighted by Crippen LogP contribution is 2.42. The number of hydrogen-bond acceptors (Lipinski definition) is 10. The molecule has 5 aliphatic rings. The van der Waals surface area contributed by atoms with Gasteiger partial charge in [-0.05, 0) is 54.0 Å². The number of amides is 4. The molecule has 1 spiro atoms. The Hall–Kier alpha value is -4.69. The molecule has 1 aliphatic carbocycles. The first-order valence-corrected chi connectivity index (χ1v) is 15.2. The molecular weight excluding hydrogens is 578 g/mol. The number of benzene rings is 2. The lowest BCUT2D eigenvalue weighted by molar-refractivity contribution is -0.521. The average molecular weight is 617 g/mol. The monoisotopic (exact) mass is 616 g/mol. The van der Waals surface area contributed by atoms with Gasteiger partial charge < -0.3 is 21.3 Å². The third-order valence-electron chi connectivity index (χ3n) is 10.1. The Morgan fingerprint density at radius 1 is 1.13 bits per heavy atom. The van der Waals surface area contributed by atoms with E-state index in [-0.39, 0.29) is 37.0 Å². The van der Waals surface area contributed by atoms with Gasteiger partial charge in [-0.2, -0.15) is 0 Å². The van der Waals surface area contributed by atoms with Crippen LogP contribution in [0.2, 0.25) is 0 Å². The molecule has 14 heteroatoms. The Kier molecular flexibility index (Phi) is 6.39. The van der Waals surface area contributed by atoms with Gasteiger partial charge in [0.2, 0.25) is 5.79 Å². The van der Waals surface area contributed by atoms with Crippen molar-refractivity contribution in [3.63, 3.8) is 0 Å². The molecule has 4 amide bonds. The van der Waals surface area contributed by atoms with E-state index in [1.165, 1.54) is 9.80 Å². The Morgan fingerprint density at radius 2 is 1.89 bits per heavy atom. The molecule has 45 heavy (non-hydrogen) atoms. The van der Waals surface area contributed by atoms with Gasteiger partial charge in [0.25, 0.3) is 17.5 Å². The molecule has 7 rings (SSSR count). The van der Waals surface area contributed by atoms with Crippen LogP contribution >= 0.6 is 0 Å². The molecular formula is C31H38N9O5+. The molecule has 4 aliphatic heterocycles. The average Bonchev–Trinajstić information content (AvgIpc) is 3.58. The van der Waals surface area contributed by atoms with Crippen molar-refractivity contribution in [1.29, 1.82) is 0 Å². The van der Waals surface area contributed by atoms with Gasteiger partial charge in [0.05, 0.1) is 13.1 Å². The molecule has 0 aromatic heterocycles. The summed E-state index contributed by atoms with van der Waals surface area (Å²) in [6.07, 6.45) is 2.71. The molecule has 2 aromatic rings. The number of nitrogens with zero attached hydrogens (tertiary/aromatic N) is 4. The van der Waals surface area contributed by atoms with Crippen molar-refractivity contribution < 1.29 is 29.6 Å². The number of fused-ring (bicyclic) bond motifs is 1. The predicted octanol–water partition coefficient (Wildman–Crippen LogP) is -2.38. The number of anilines is 1. The predicted molar refractivity (Wildman–Crippen MR) is 164 cm³/mol. The van der Waals surface area contributed by atoms with Crippen LogP contribution in [0, 0.1) is 0 Å². The fraction of sp³-hybridized carbons (Fsp3) is 0.452. The SMILES string of the molecule is CC1(C)CCCc2c(C(=O)NC3CN4C(N)=N[C@@H](CN5C(=O)CN(c6ccccc6)C5=O)[C@@H]5[NH+]=C(N)N[C@@]54C3(O)O)cccc21. The molecule has 2 aromatic carbocycles. The van der Waals surface area contributed by atoms with Crippen LogP contribution in [0.25, 0.3) is 0 Å². The molecule has 0 radical (unpaired) electrons. The third kappa shape index (κ3) is 4.19. The minimum Gasteiger partial charge on any atom is -0.370 e. The number of aliphatic imine (C=N–C) groups is 1. The van der Waals surface area contributed by atoms with E-state index in [1.54, 1.807) is 30.3 Å².